The molecule has 0 bridgehead atoms. The molecule has 3 rings (SSSR count). The van der Waals surface area contributed by atoms with Crippen molar-refractivity contribution in [1.82, 2.24) is 4.90 Å². The Bertz CT molecular complexity index is 427. The van der Waals surface area contributed by atoms with Crippen molar-refractivity contribution in [2.75, 3.05) is 25.0 Å². The maximum absolute atomic E-state index is 3.55. The Hall–Kier alpha value is -1.02. The molecule has 0 aliphatic carbocycles. The standard InChI is InChI=1S/C18H28N2/c1-2-7-16-8-5-6-13-20(16)14-15-11-12-19-18-10-4-3-9-17(15)18/h3-4,9-10,15-16,19H,2,5-8,11-14H2,1H3. The summed E-state index contributed by atoms with van der Waals surface area (Å²) in [6.07, 6.45) is 8.24. The van der Waals surface area contributed by atoms with E-state index in [-0.39, 0.29) is 0 Å². The fourth-order valence-electron chi connectivity index (χ4n) is 3.98. The summed E-state index contributed by atoms with van der Waals surface area (Å²) in [5.41, 5.74) is 2.91. The van der Waals surface area contributed by atoms with Crippen molar-refractivity contribution in [2.24, 2.45) is 0 Å². The lowest BCUT2D eigenvalue weighted by Gasteiger charge is -2.39. The average Bonchev–Trinajstić information content (AvgIpc) is 2.50. The maximum atomic E-state index is 3.55. The minimum Gasteiger partial charge on any atom is -0.385 e. The van der Waals surface area contributed by atoms with Gasteiger partial charge in [-0.3, -0.25) is 4.90 Å². The van der Waals surface area contributed by atoms with Gasteiger partial charge in [0.1, 0.15) is 0 Å². The van der Waals surface area contributed by atoms with Gasteiger partial charge >= 0.3 is 0 Å². The highest BCUT2D eigenvalue weighted by molar-refractivity contribution is 5.54. The first-order valence-electron chi connectivity index (χ1n) is 8.45. The summed E-state index contributed by atoms with van der Waals surface area (Å²) in [6.45, 7) is 6.04. The molecule has 2 heterocycles. The third-order valence-electron chi connectivity index (χ3n) is 5.03. The molecule has 110 valence electrons. The van der Waals surface area contributed by atoms with Gasteiger partial charge in [0.05, 0.1) is 0 Å². The molecule has 2 nitrogen and oxygen atoms in total. The molecule has 1 saturated heterocycles. The van der Waals surface area contributed by atoms with E-state index in [1.807, 2.05) is 0 Å². The van der Waals surface area contributed by atoms with Crippen LogP contribution in [-0.4, -0.2) is 30.6 Å². The molecule has 0 amide bonds. The van der Waals surface area contributed by atoms with Crippen molar-refractivity contribution in [2.45, 2.75) is 57.4 Å². The highest BCUT2D eigenvalue weighted by Gasteiger charge is 2.27. The van der Waals surface area contributed by atoms with Gasteiger partial charge in [0.25, 0.3) is 0 Å². The van der Waals surface area contributed by atoms with E-state index in [1.54, 1.807) is 5.56 Å². The predicted octanol–water partition coefficient (Wildman–Crippen LogP) is 4.24. The quantitative estimate of drug-likeness (QED) is 0.882. The molecular formula is C18H28N2. The largest absolute Gasteiger partial charge is 0.385 e. The minimum atomic E-state index is 0.727. The summed E-state index contributed by atoms with van der Waals surface area (Å²) >= 11 is 0. The summed E-state index contributed by atoms with van der Waals surface area (Å²) in [7, 11) is 0. The molecule has 0 saturated carbocycles. The molecule has 0 spiro atoms. The summed E-state index contributed by atoms with van der Waals surface area (Å²) in [5.74, 6) is 0.727. The van der Waals surface area contributed by atoms with Crippen LogP contribution in [0.25, 0.3) is 0 Å². The average molecular weight is 272 g/mol. The van der Waals surface area contributed by atoms with Gasteiger partial charge in [-0.05, 0) is 43.9 Å². The van der Waals surface area contributed by atoms with Crippen LogP contribution in [0.5, 0.6) is 0 Å². The fraction of sp³-hybridized carbons (Fsp3) is 0.667. The van der Waals surface area contributed by atoms with Gasteiger partial charge in [0.15, 0.2) is 0 Å². The number of hydrogen-bond donors (Lipinski definition) is 1. The normalized spacial score (nSPS) is 26.9. The summed E-state index contributed by atoms with van der Waals surface area (Å²) < 4.78 is 0. The first-order valence-corrected chi connectivity index (χ1v) is 8.45. The zero-order valence-corrected chi connectivity index (χ0v) is 12.8. The van der Waals surface area contributed by atoms with E-state index in [4.69, 9.17) is 0 Å². The van der Waals surface area contributed by atoms with Crippen molar-refractivity contribution in [1.29, 1.82) is 0 Å². The van der Waals surface area contributed by atoms with E-state index in [0.29, 0.717) is 0 Å². The van der Waals surface area contributed by atoms with Crippen LogP contribution in [0.3, 0.4) is 0 Å². The molecule has 2 aliphatic rings. The fourth-order valence-corrected chi connectivity index (χ4v) is 3.98. The Balaban J connectivity index is 1.71. The zero-order chi connectivity index (χ0) is 13.8. The van der Waals surface area contributed by atoms with Gasteiger partial charge in [-0.25, -0.2) is 0 Å². The SMILES string of the molecule is CCCC1CCCCN1CC1CCNc2ccccc21. The molecule has 2 heteroatoms. The number of hydrogen-bond acceptors (Lipinski definition) is 2. The number of likely N-dealkylation sites (tertiary alicyclic amines) is 1. The number of anilines is 1. The number of nitrogens with zero attached hydrogens (tertiary/aromatic N) is 1. The van der Waals surface area contributed by atoms with Gasteiger partial charge in [0.2, 0.25) is 0 Å². The van der Waals surface area contributed by atoms with Crippen LogP contribution >= 0.6 is 0 Å². The van der Waals surface area contributed by atoms with Gasteiger partial charge < -0.3 is 5.32 Å². The minimum absolute atomic E-state index is 0.727. The highest BCUT2D eigenvalue weighted by Crippen LogP contribution is 2.33. The molecule has 2 unspecified atom stereocenters. The van der Waals surface area contributed by atoms with Crippen molar-refractivity contribution in [3.63, 3.8) is 0 Å². The van der Waals surface area contributed by atoms with Crippen molar-refractivity contribution >= 4 is 5.69 Å². The first-order chi connectivity index (χ1) is 9.88. The predicted molar refractivity (Wildman–Crippen MR) is 86.4 cm³/mol. The number of para-hydroxylation sites is 1. The van der Waals surface area contributed by atoms with E-state index in [2.05, 4.69) is 41.4 Å². The van der Waals surface area contributed by atoms with E-state index in [0.717, 1.165) is 18.5 Å². The Morgan fingerprint density at radius 1 is 1.20 bits per heavy atom. The van der Waals surface area contributed by atoms with Crippen LogP contribution in [0.4, 0.5) is 5.69 Å². The lowest BCUT2D eigenvalue weighted by Crippen LogP contribution is -2.42. The van der Waals surface area contributed by atoms with E-state index < -0.39 is 0 Å². The summed E-state index contributed by atoms with van der Waals surface area (Å²) in [4.78, 5) is 2.79. The van der Waals surface area contributed by atoms with Gasteiger partial charge in [0, 0.05) is 30.7 Å². The molecule has 0 radical (unpaired) electrons. The second-order valence-electron chi connectivity index (χ2n) is 6.43. The Labute approximate surface area is 123 Å². The summed E-state index contributed by atoms with van der Waals surface area (Å²) in [6, 6.07) is 9.75. The molecule has 1 aromatic carbocycles. The third kappa shape index (κ3) is 3.01. The maximum Gasteiger partial charge on any atom is 0.0376 e. The molecule has 1 N–H and O–H groups in total. The van der Waals surface area contributed by atoms with Crippen LogP contribution in [0, 0.1) is 0 Å². The lowest BCUT2D eigenvalue weighted by atomic mass is 9.88. The van der Waals surface area contributed by atoms with E-state index >= 15 is 0 Å². The van der Waals surface area contributed by atoms with Crippen LogP contribution in [-0.2, 0) is 0 Å². The van der Waals surface area contributed by atoms with Gasteiger partial charge in [-0.15, -0.1) is 0 Å². The Morgan fingerprint density at radius 2 is 2.10 bits per heavy atom. The number of rotatable bonds is 4. The number of piperidine rings is 1. The molecular weight excluding hydrogens is 244 g/mol. The topological polar surface area (TPSA) is 15.3 Å². The highest BCUT2D eigenvalue weighted by atomic mass is 15.2. The molecule has 20 heavy (non-hydrogen) atoms. The van der Waals surface area contributed by atoms with Gasteiger partial charge in [-0.1, -0.05) is 38.0 Å². The Morgan fingerprint density at radius 3 is 3.00 bits per heavy atom. The first kappa shape index (κ1) is 13.9. The second kappa shape index (κ2) is 6.62. The molecule has 1 aromatic rings. The van der Waals surface area contributed by atoms with Crippen LogP contribution < -0.4 is 5.32 Å². The third-order valence-corrected chi connectivity index (χ3v) is 5.03. The Kier molecular flexibility index (Phi) is 4.62. The van der Waals surface area contributed by atoms with Crippen LogP contribution in [0.1, 0.15) is 56.9 Å². The number of fused-ring (bicyclic) bond motifs is 1. The van der Waals surface area contributed by atoms with Gasteiger partial charge in [-0.2, -0.15) is 0 Å². The number of nitrogens with one attached hydrogen (secondary N) is 1. The monoisotopic (exact) mass is 272 g/mol. The van der Waals surface area contributed by atoms with Crippen molar-refractivity contribution in [3.05, 3.63) is 29.8 Å². The van der Waals surface area contributed by atoms with Crippen molar-refractivity contribution in [3.8, 4) is 0 Å². The molecule has 2 atom stereocenters. The number of benzene rings is 1. The smallest absolute Gasteiger partial charge is 0.0376 e. The van der Waals surface area contributed by atoms with E-state index in [9.17, 15) is 0 Å². The molecule has 0 aromatic heterocycles. The molecule has 2 aliphatic heterocycles. The van der Waals surface area contributed by atoms with E-state index in [1.165, 1.54) is 57.3 Å². The van der Waals surface area contributed by atoms with Crippen LogP contribution in [0.2, 0.25) is 0 Å². The lowest BCUT2D eigenvalue weighted by molar-refractivity contribution is 0.129. The van der Waals surface area contributed by atoms with Crippen LogP contribution in [0.15, 0.2) is 24.3 Å². The van der Waals surface area contributed by atoms with Crippen molar-refractivity contribution < 1.29 is 0 Å². The summed E-state index contributed by atoms with van der Waals surface area (Å²) in [5, 5.41) is 3.55. The molecule has 1 fully saturated rings. The second-order valence-corrected chi connectivity index (χ2v) is 6.43. The zero-order valence-electron chi connectivity index (χ0n) is 12.8.